The first-order valence-corrected chi connectivity index (χ1v) is 12.7. The molecule has 1 nitrogen and oxygen atoms in total. The van der Waals surface area contributed by atoms with Crippen LogP contribution in [0, 0.1) is 17.3 Å². The third-order valence-electron chi connectivity index (χ3n) is 8.35. The SMILES string of the molecule is CCCCCC1(C=O)CCC(c2ccc(CC[C@H]3CC[C@H](CC)CC3)cc2)CC1. The largest absolute Gasteiger partial charge is 0.303 e. The molecule has 0 amide bonds. The second kappa shape index (κ2) is 11.3. The van der Waals surface area contributed by atoms with Crippen molar-refractivity contribution < 1.29 is 4.79 Å². The summed E-state index contributed by atoms with van der Waals surface area (Å²) in [5.41, 5.74) is 3.01. The molecular weight excluding hydrogens is 352 g/mol. The smallest absolute Gasteiger partial charge is 0.126 e. The molecule has 0 radical (unpaired) electrons. The molecule has 1 heteroatoms. The zero-order valence-corrected chi connectivity index (χ0v) is 19.1. The van der Waals surface area contributed by atoms with Crippen molar-refractivity contribution in [3.8, 4) is 0 Å². The minimum atomic E-state index is -0.0115. The van der Waals surface area contributed by atoms with Crippen LogP contribution in [0.15, 0.2) is 24.3 Å². The van der Waals surface area contributed by atoms with Gasteiger partial charge in [0.1, 0.15) is 6.29 Å². The molecule has 0 heterocycles. The average molecular weight is 397 g/mol. The van der Waals surface area contributed by atoms with Gasteiger partial charge in [-0.2, -0.15) is 0 Å². The molecule has 2 aliphatic rings. The molecule has 0 saturated heterocycles. The highest BCUT2D eigenvalue weighted by Gasteiger charge is 2.35. The minimum absolute atomic E-state index is 0.0115. The number of aryl methyl sites for hydroxylation is 1. The van der Waals surface area contributed by atoms with Gasteiger partial charge in [0.25, 0.3) is 0 Å². The van der Waals surface area contributed by atoms with Gasteiger partial charge in [0.15, 0.2) is 0 Å². The van der Waals surface area contributed by atoms with Crippen LogP contribution in [0.3, 0.4) is 0 Å². The number of carbonyl (C=O) groups excluding carboxylic acids is 1. The predicted octanol–water partition coefficient (Wildman–Crippen LogP) is 8.26. The number of benzene rings is 1. The summed E-state index contributed by atoms with van der Waals surface area (Å²) in [7, 11) is 0. The Bertz CT molecular complexity index is 585. The van der Waals surface area contributed by atoms with Crippen molar-refractivity contribution in [1.82, 2.24) is 0 Å². The monoisotopic (exact) mass is 396 g/mol. The molecule has 0 N–H and O–H groups in total. The Morgan fingerprint density at radius 2 is 1.55 bits per heavy atom. The molecule has 2 saturated carbocycles. The summed E-state index contributed by atoms with van der Waals surface area (Å²) in [6, 6.07) is 9.55. The van der Waals surface area contributed by atoms with E-state index in [0.29, 0.717) is 5.92 Å². The van der Waals surface area contributed by atoms with Crippen LogP contribution in [0.1, 0.15) is 121 Å². The molecule has 1 aromatic rings. The summed E-state index contributed by atoms with van der Waals surface area (Å²) in [5, 5.41) is 0. The lowest BCUT2D eigenvalue weighted by Crippen LogP contribution is -2.28. The third kappa shape index (κ3) is 6.43. The Hall–Kier alpha value is -1.11. The van der Waals surface area contributed by atoms with Crippen molar-refractivity contribution in [1.29, 1.82) is 0 Å². The fourth-order valence-corrected chi connectivity index (χ4v) is 5.94. The quantitative estimate of drug-likeness (QED) is 0.287. The molecule has 0 bridgehead atoms. The first kappa shape index (κ1) is 22.6. The van der Waals surface area contributed by atoms with Crippen LogP contribution in [0.4, 0.5) is 0 Å². The van der Waals surface area contributed by atoms with E-state index in [1.54, 1.807) is 0 Å². The maximum Gasteiger partial charge on any atom is 0.126 e. The van der Waals surface area contributed by atoms with Gasteiger partial charge in [0.05, 0.1) is 0 Å². The average Bonchev–Trinajstić information content (AvgIpc) is 2.79. The summed E-state index contributed by atoms with van der Waals surface area (Å²) in [5.74, 6) is 2.62. The van der Waals surface area contributed by atoms with Crippen molar-refractivity contribution in [3.05, 3.63) is 35.4 Å². The van der Waals surface area contributed by atoms with E-state index in [1.165, 1.54) is 94.5 Å². The maximum absolute atomic E-state index is 11.8. The number of rotatable bonds is 10. The highest BCUT2D eigenvalue weighted by atomic mass is 16.1. The number of carbonyl (C=O) groups is 1. The number of aldehydes is 1. The molecule has 0 unspecified atom stereocenters. The first-order chi connectivity index (χ1) is 14.2. The maximum atomic E-state index is 11.8. The molecule has 0 spiro atoms. The Morgan fingerprint density at radius 3 is 2.14 bits per heavy atom. The minimum Gasteiger partial charge on any atom is -0.303 e. The van der Waals surface area contributed by atoms with Gasteiger partial charge in [-0.3, -0.25) is 0 Å². The highest BCUT2D eigenvalue weighted by Crippen LogP contribution is 2.45. The van der Waals surface area contributed by atoms with Crippen LogP contribution < -0.4 is 0 Å². The Morgan fingerprint density at radius 1 is 0.897 bits per heavy atom. The Labute approximate surface area is 180 Å². The summed E-state index contributed by atoms with van der Waals surface area (Å²) in [6.45, 7) is 4.59. The van der Waals surface area contributed by atoms with Gasteiger partial charge in [0, 0.05) is 5.41 Å². The summed E-state index contributed by atoms with van der Waals surface area (Å²) >= 11 is 0. The van der Waals surface area contributed by atoms with Crippen LogP contribution in [0.2, 0.25) is 0 Å². The third-order valence-corrected chi connectivity index (χ3v) is 8.35. The number of hydrogen-bond acceptors (Lipinski definition) is 1. The molecule has 0 aliphatic heterocycles. The van der Waals surface area contributed by atoms with Gasteiger partial charge in [-0.1, -0.05) is 89.5 Å². The topological polar surface area (TPSA) is 17.1 Å². The first-order valence-electron chi connectivity index (χ1n) is 12.7. The number of unbranched alkanes of at least 4 members (excludes halogenated alkanes) is 2. The number of hydrogen-bond donors (Lipinski definition) is 0. The Balaban J connectivity index is 1.44. The van der Waals surface area contributed by atoms with Gasteiger partial charge >= 0.3 is 0 Å². The van der Waals surface area contributed by atoms with Crippen molar-refractivity contribution in [2.45, 2.75) is 116 Å². The van der Waals surface area contributed by atoms with Crippen LogP contribution in [-0.2, 0) is 11.2 Å². The highest BCUT2D eigenvalue weighted by molar-refractivity contribution is 5.59. The van der Waals surface area contributed by atoms with Gasteiger partial charge in [-0.15, -0.1) is 0 Å². The standard InChI is InChI=1S/C28H44O/c1-3-5-6-19-28(22-29)20-17-27(18-21-28)26-15-13-25(14-16-26)12-11-24-9-7-23(4-2)8-10-24/h13-16,22-24,27H,3-12,17-21H2,1-2H3/t23-,24-,27?,28?. The molecule has 0 atom stereocenters. The van der Waals surface area contributed by atoms with E-state index in [1.807, 2.05) is 0 Å². The van der Waals surface area contributed by atoms with Crippen molar-refractivity contribution in [2.75, 3.05) is 0 Å². The van der Waals surface area contributed by atoms with Crippen LogP contribution >= 0.6 is 0 Å². The van der Waals surface area contributed by atoms with E-state index >= 15 is 0 Å². The molecular formula is C28H44O. The summed E-state index contributed by atoms with van der Waals surface area (Å²) < 4.78 is 0. The van der Waals surface area contributed by atoms with E-state index in [-0.39, 0.29) is 5.41 Å². The molecule has 2 aliphatic carbocycles. The molecule has 0 aromatic heterocycles. The molecule has 29 heavy (non-hydrogen) atoms. The van der Waals surface area contributed by atoms with Crippen LogP contribution in [0.25, 0.3) is 0 Å². The van der Waals surface area contributed by atoms with Gasteiger partial charge in [-0.05, 0) is 73.8 Å². The van der Waals surface area contributed by atoms with Crippen LogP contribution in [0.5, 0.6) is 0 Å². The van der Waals surface area contributed by atoms with E-state index in [2.05, 4.69) is 38.1 Å². The zero-order valence-electron chi connectivity index (χ0n) is 19.1. The van der Waals surface area contributed by atoms with Gasteiger partial charge < -0.3 is 4.79 Å². The van der Waals surface area contributed by atoms with Crippen molar-refractivity contribution in [3.63, 3.8) is 0 Å². The van der Waals surface area contributed by atoms with Crippen LogP contribution in [-0.4, -0.2) is 6.29 Å². The summed E-state index contributed by atoms with van der Waals surface area (Å²) in [4.78, 5) is 11.8. The zero-order chi connectivity index (χ0) is 20.5. The second-order valence-corrected chi connectivity index (χ2v) is 10.3. The molecule has 162 valence electrons. The van der Waals surface area contributed by atoms with Gasteiger partial charge in [-0.25, -0.2) is 0 Å². The second-order valence-electron chi connectivity index (χ2n) is 10.3. The van der Waals surface area contributed by atoms with E-state index < -0.39 is 0 Å². The van der Waals surface area contributed by atoms with E-state index in [9.17, 15) is 4.79 Å². The van der Waals surface area contributed by atoms with Crippen molar-refractivity contribution in [2.24, 2.45) is 17.3 Å². The summed E-state index contributed by atoms with van der Waals surface area (Å²) in [6.07, 6.45) is 20.5. The molecule has 3 rings (SSSR count). The van der Waals surface area contributed by atoms with E-state index in [4.69, 9.17) is 0 Å². The lowest BCUT2D eigenvalue weighted by Gasteiger charge is -2.36. The predicted molar refractivity (Wildman–Crippen MR) is 124 cm³/mol. The lowest BCUT2D eigenvalue weighted by atomic mass is 9.67. The molecule has 2 fully saturated rings. The normalized spacial score (nSPS) is 30.2. The fourth-order valence-electron chi connectivity index (χ4n) is 5.94. The van der Waals surface area contributed by atoms with Crippen molar-refractivity contribution >= 4 is 6.29 Å². The fraction of sp³-hybridized carbons (Fsp3) is 0.750. The lowest BCUT2D eigenvalue weighted by molar-refractivity contribution is -0.118. The van der Waals surface area contributed by atoms with Gasteiger partial charge in [0.2, 0.25) is 0 Å². The van der Waals surface area contributed by atoms with E-state index in [0.717, 1.165) is 31.1 Å². The Kier molecular flexibility index (Phi) is 8.82. The molecule has 1 aromatic carbocycles.